The van der Waals surface area contributed by atoms with E-state index in [1.165, 1.54) is 0 Å². The topological polar surface area (TPSA) is 29.1 Å². The third-order valence-electron chi connectivity index (χ3n) is 3.37. The Kier molecular flexibility index (Phi) is 4.02. The van der Waals surface area contributed by atoms with Gasteiger partial charge in [0, 0.05) is 32.8 Å². The second kappa shape index (κ2) is 5.82. The number of nitrogens with one attached hydrogen (secondary N) is 1. The quantitative estimate of drug-likeness (QED) is 0.621. The van der Waals surface area contributed by atoms with Gasteiger partial charge in [0.05, 0.1) is 4.87 Å². The summed E-state index contributed by atoms with van der Waals surface area (Å²) in [5.74, 6) is -0.0169. The highest BCUT2D eigenvalue weighted by Crippen LogP contribution is 2.42. The highest BCUT2D eigenvalue weighted by Gasteiger charge is 2.28. The summed E-state index contributed by atoms with van der Waals surface area (Å²) in [6, 6.07) is 15.1. The summed E-state index contributed by atoms with van der Waals surface area (Å²) < 4.78 is 0. The SMILES string of the molecule is CC1(C)N/C(=C\C(=O)c2ccccc2)c2cc(Cl)ccc2S1. The van der Waals surface area contributed by atoms with Crippen LogP contribution in [0, 0.1) is 0 Å². The van der Waals surface area contributed by atoms with Crippen molar-refractivity contribution in [3.8, 4) is 0 Å². The zero-order chi connectivity index (χ0) is 15.7. The largest absolute Gasteiger partial charge is 0.370 e. The van der Waals surface area contributed by atoms with E-state index in [0.29, 0.717) is 10.6 Å². The van der Waals surface area contributed by atoms with Crippen LogP contribution in [-0.2, 0) is 0 Å². The lowest BCUT2D eigenvalue weighted by atomic mass is 10.1. The Bertz CT molecular complexity index is 753. The van der Waals surface area contributed by atoms with Gasteiger partial charge in [-0.3, -0.25) is 4.79 Å². The first-order valence-electron chi connectivity index (χ1n) is 7.03. The van der Waals surface area contributed by atoms with Gasteiger partial charge in [-0.15, -0.1) is 0 Å². The lowest BCUT2D eigenvalue weighted by Gasteiger charge is -2.34. The lowest BCUT2D eigenvalue weighted by Crippen LogP contribution is -2.37. The van der Waals surface area contributed by atoms with Gasteiger partial charge in [0.2, 0.25) is 0 Å². The first kappa shape index (κ1) is 15.2. The fourth-order valence-electron chi connectivity index (χ4n) is 2.42. The monoisotopic (exact) mass is 329 g/mol. The summed E-state index contributed by atoms with van der Waals surface area (Å²) in [6.07, 6.45) is 1.66. The van der Waals surface area contributed by atoms with E-state index in [4.69, 9.17) is 11.6 Å². The molecule has 2 aromatic carbocycles. The maximum atomic E-state index is 12.5. The maximum absolute atomic E-state index is 12.5. The Labute approximate surface area is 139 Å². The van der Waals surface area contributed by atoms with Crippen molar-refractivity contribution in [1.29, 1.82) is 0 Å². The van der Waals surface area contributed by atoms with Crippen molar-refractivity contribution in [3.05, 3.63) is 70.8 Å². The third-order valence-corrected chi connectivity index (χ3v) is 4.79. The molecule has 22 heavy (non-hydrogen) atoms. The van der Waals surface area contributed by atoms with Crippen molar-refractivity contribution in [3.63, 3.8) is 0 Å². The zero-order valence-electron chi connectivity index (χ0n) is 12.4. The van der Waals surface area contributed by atoms with Crippen molar-refractivity contribution >= 4 is 34.8 Å². The predicted molar refractivity (Wildman–Crippen MR) is 93.3 cm³/mol. The van der Waals surface area contributed by atoms with Crippen LogP contribution in [0.1, 0.15) is 29.8 Å². The van der Waals surface area contributed by atoms with Gasteiger partial charge in [0.25, 0.3) is 0 Å². The van der Waals surface area contributed by atoms with Crippen molar-refractivity contribution in [1.82, 2.24) is 5.32 Å². The van der Waals surface area contributed by atoms with Crippen LogP contribution in [0.5, 0.6) is 0 Å². The smallest absolute Gasteiger partial charge is 0.187 e. The summed E-state index contributed by atoms with van der Waals surface area (Å²) in [5.41, 5.74) is 2.47. The van der Waals surface area contributed by atoms with Crippen LogP contribution in [0.2, 0.25) is 5.02 Å². The van der Waals surface area contributed by atoms with E-state index in [9.17, 15) is 4.79 Å². The second-order valence-electron chi connectivity index (χ2n) is 5.67. The van der Waals surface area contributed by atoms with Gasteiger partial charge in [-0.1, -0.05) is 53.7 Å². The van der Waals surface area contributed by atoms with Crippen LogP contribution < -0.4 is 5.32 Å². The van der Waals surface area contributed by atoms with E-state index in [1.54, 1.807) is 17.8 Å². The molecule has 2 aromatic rings. The molecule has 1 N–H and O–H groups in total. The molecule has 2 nitrogen and oxygen atoms in total. The van der Waals surface area contributed by atoms with Gasteiger partial charge in [-0.2, -0.15) is 0 Å². The molecule has 0 saturated heterocycles. The summed E-state index contributed by atoms with van der Waals surface area (Å²) in [5, 5.41) is 4.09. The molecule has 0 atom stereocenters. The molecule has 0 aromatic heterocycles. The average Bonchev–Trinajstić information content (AvgIpc) is 2.48. The highest BCUT2D eigenvalue weighted by molar-refractivity contribution is 8.00. The molecule has 0 saturated carbocycles. The molecule has 112 valence electrons. The minimum Gasteiger partial charge on any atom is -0.370 e. The summed E-state index contributed by atoms with van der Waals surface area (Å²) in [7, 11) is 0. The number of halogens is 1. The molecule has 0 fully saturated rings. The van der Waals surface area contributed by atoms with Crippen LogP contribution >= 0.6 is 23.4 Å². The van der Waals surface area contributed by atoms with Crippen molar-refractivity contribution in [2.24, 2.45) is 0 Å². The molecule has 0 radical (unpaired) electrons. The number of hydrogen-bond acceptors (Lipinski definition) is 3. The van der Waals surface area contributed by atoms with Gasteiger partial charge in [0.15, 0.2) is 5.78 Å². The predicted octanol–water partition coefficient (Wildman–Crippen LogP) is 5.00. The van der Waals surface area contributed by atoms with Crippen LogP contribution in [-0.4, -0.2) is 10.7 Å². The summed E-state index contributed by atoms with van der Waals surface area (Å²) >= 11 is 7.85. The molecule has 1 aliphatic rings. The van der Waals surface area contributed by atoms with E-state index < -0.39 is 0 Å². The standard InChI is InChI=1S/C18H16ClNOS/c1-18(2)20-15(11-16(21)12-6-4-3-5-7-12)14-10-13(19)8-9-17(14)22-18/h3-11,20H,1-2H3/b15-11-. The number of fused-ring (bicyclic) bond motifs is 1. The molecule has 0 amide bonds. The average molecular weight is 330 g/mol. The van der Waals surface area contributed by atoms with Crippen LogP contribution in [0.25, 0.3) is 5.70 Å². The van der Waals surface area contributed by atoms with E-state index >= 15 is 0 Å². The Morgan fingerprint density at radius 2 is 1.91 bits per heavy atom. The van der Waals surface area contributed by atoms with Crippen molar-refractivity contribution in [2.75, 3.05) is 0 Å². The van der Waals surface area contributed by atoms with E-state index in [2.05, 4.69) is 19.2 Å². The molecule has 0 aliphatic carbocycles. The lowest BCUT2D eigenvalue weighted by molar-refractivity contribution is 0.104. The van der Waals surface area contributed by atoms with Crippen LogP contribution in [0.15, 0.2) is 59.5 Å². The number of allylic oxidation sites excluding steroid dienone is 1. The molecule has 0 bridgehead atoms. The number of benzene rings is 2. The normalized spacial score (nSPS) is 17.7. The molecule has 0 spiro atoms. The number of carbonyl (C=O) groups excluding carboxylic acids is 1. The number of rotatable bonds is 2. The number of thioether (sulfide) groups is 1. The molecule has 3 rings (SSSR count). The Hall–Kier alpha value is -1.71. The maximum Gasteiger partial charge on any atom is 0.187 e. The molecule has 1 aliphatic heterocycles. The van der Waals surface area contributed by atoms with Crippen molar-refractivity contribution < 1.29 is 4.79 Å². The van der Waals surface area contributed by atoms with Crippen LogP contribution in [0.4, 0.5) is 0 Å². The number of carbonyl (C=O) groups is 1. The third kappa shape index (κ3) is 3.21. The van der Waals surface area contributed by atoms with E-state index in [0.717, 1.165) is 16.2 Å². The fourth-order valence-corrected chi connectivity index (χ4v) is 3.72. The zero-order valence-corrected chi connectivity index (χ0v) is 14.0. The van der Waals surface area contributed by atoms with Gasteiger partial charge >= 0.3 is 0 Å². The summed E-state index contributed by atoms with van der Waals surface area (Å²) in [6.45, 7) is 4.19. The molecule has 1 heterocycles. The first-order chi connectivity index (χ1) is 10.4. The Balaban J connectivity index is 2.05. The van der Waals surface area contributed by atoms with Gasteiger partial charge in [-0.25, -0.2) is 0 Å². The van der Waals surface area contributed by atoms with Crippen LogP contribution in [0.3, 0.4) is 0 Å². The van der Waals surface area contributed by atoms with Gasteiger partial charge in [-0.05, 0) is 32.0 Å². The highest BCUT2D eigenvalue weighted by atomic mass is 35.5. The minimum atomic E-state index is -0.177. The van der Waals surface area contributed by atoms with E-state index in [1.807, 2.05) is 48.5 Å². The van der Waals surface area contributed by atoms with Crippen molar-refractivity contribution in [2.45, 2.75) is 23.6 Å². The van der Waals surface area contributed by atoms with Gasteiger partial charge < -0.3 is 5.32 Å². The first-order valence-corrected chi connectivity index (χ1v) is 8.22. The van der Waals surface area contributed by atoms with E-state index in [-0.39, 0.29) is 10.7 Å². The molecule has 0 unspecified atom stereocenters. The number of ketones is 1. The Morgan fingerprint density at radius 1 is 1.18 bits per heavy atom. The molecular weight excluding hydrogens is 314 g/mol. The summed E-state index contributed by atoms with van der Waals surface area (Å²) in [4.78, 5) is 13.4. The second-order valence-corrected chi connectivity index (χ2v) is 7.77. The molecular formula is C18H16ClNOS. The Morgan fingerprint density at radius 3 is 2.64 bits per heavy atom. The minimum absolute atomic E-state index is 0.0169. The molecule has 4 heteroatoms. The fraction of sp³-hybridized carbons (Fsp3) is 0.167. The van der Waals surface area contributed by atoms with Gasteiger partial charge in [0.1, 0.15) is 0 Å². The number of hydrogen-bond donors (Lipinski definition) is 1.